The van der Waals surface area contributed by atoms with Crippen LogP contribution < -0.4 is 10.1 Å². The van der Waals surface area contributed by atoms with Crippen LogP contribution in [0.4, 0.5) is 10.5 Å². The monoisotopic (exact) mass is 454 g/mol. The minimum absolute atomic E-state index is 0.356. The van der Waals surface area contributed by atoms with Crippen LogP contribution in [0.1, 0.15) is 33.6 Å². The van der Waals surface area contributed by atoms with Gasteiger partial charge in [0.25, 0.3) is 5.91 Å². The Balaban J connectivity index is 1.45. The predicted octanol–water partition coefficient (Wildman–Crippen LogP) is 4.61. The Labute approximate surface area is 193 Å². The molecule has 33 heavy (non-hydrogen) atoms. The van der Waals surface area contributed by atoms with Crippen molar-refractivity contribution in [3.8, 4) is 11.5 Å². The van der Waals surface area contributed by atoms with Crippen LogP contribution in [0, 0.1) is 5.92 Å². The molecule has 2 aromatic rings. The van der Waals surface area contributed by atoms with E-state index in [2.05, 4.69) is 5.32 Å². The first-order valence-corrected chi connectivity index (χ1v) is 11.0. The molecule has 1 aliphatic rings. The van der Waals surface area contributed by atoms with Crippen molar-refractivity contribution >= 4 is 23.7 Å². The van der Waals surface area contributed by atoms with Gasteiger partial charge in [-0.3, -0.25) is 9.59 Å². The molecule has 2 aromatic carbocycles. The van der Waals surface area contributed by atoms with Crippen molar-refractivity contribution in [1.29, 1.82) is 0 Å². The highest BCUT2D eigenvalue weighted by atomic mass is 16.6. The van der Waals surface area contributed by atoms with Gasteiger partial charge in [0, 0.05) is 13.1 Å². The zero-order valence-electron chi connectivity index (χ0n) is 19.2. The van der Waals surface area contributed by atoms with E-state index in [9.17, 15) is 14.4 Å². The van der Waals surface area contributed by atoms with E-state index in [1.807, 2.05) is 51.1 Å². The molecule has 1 aliphatic heterocycles. The average Bonchev–Trinajstić information content (AvgIpc) is 2.78. The minimum atomic E-state index is -0.565. The second kappa shape index (κ2) is 10.8. The molecule has 176 valence electrons. The maximum atomic E-state index is 12.4. The van der Waals surface area contributed by atoms with Gasteiger partial charge >= 0.3 is 12.1 Å². The van der Waals surface area contributed by atoms with E-state index >= 15 is 0 Å². The summed E-state index contributed by atoms with van der Waals surface area (Å²) in [6, 6.07) is 16.3. The summed E-state index contributed by atoms with van der Waals surface area (Å²) >= 11 is 0. The van der Waals surface area contributed by atoms with Crippen molar-refractivity contribution in [2.45, 2.75) is 39.2 Å². The van der Waals surface area contributed by atoms with Gasteiger partial charge in [-0.05, 0) is 57.9 Å². The van der Waals surface area contributed by atoms with Gasteiger partial charge in [-0.25, -0.2) is 4.79 Å². The molecule has 0 radical (unpaired) electrons. The second-order valence-electron chi connectivity index (χ2n) is 8.81. The number of amides is 2. The summed E-state index contributed by atoms with van der Waals surface area (Å²) in [6.45, 7) is 5.85. The molecule has 8 nitrogen and oxygen atoms in total. The maximum Gasteiger partial charge on any atom is 0.410 e. The quantitative estimate of drug-likeness (QED) is 0.641. The van der Waals surface area contributed by atoms with Gasteiger partial charge in [0.1, 0.15) is 11.4 Å². The van der Waals surface area contributed by atoms with Gasteiger partial charge in [-0.15, -0.1) is 0 Å². The largest absolute Gasteiger partial charge is 0.455 e. The SMILES string of the molecule is CC(C)(C)OC(=O)N1CCC(C(=O)OCC(=O)Nc2ccccc2Oc2ccccc2)CC1. The summed E-state index contributed by atoms with van der Waals surface area (Å²) in [5.74, 6) is -0.132. The van der Waals surface area contributed by atoms with Crippen LogP contribution in [0.3, 0.4) is 0 Å². The van der Waals surface area contributed by atoms with Gasteiger partial charge in [0.15, 0.2) is 12.4 Å². The molecule has 0 spiro atoms. The number of esters is 1. The first-order chi connectivity index (χ1) is 15.7. The molecular formula is C25H30N2O6. The Bertz CT molecular complexity index is 962. The van der Waals surface area contributed by atoms with Crippen molar-refractivity contribution in [3.63, 3.8) is 0 Å². The lowest BCUT2D eigenvalue weighted by Crippen LogP contribution is -2.43. The molecule has 0 saturated carbocycles. The lowest BCUT2D eigenvalue weighted by Gasteiger charge is -2.32. The van der Waals surface area contributed by atoms with Crippen LogP contribution in [-0.4, -0.2) is 48.2 Å². The number of piperidine rings is 1. The van der Waals surface area contributed by atoms with Gasteiger partial charge in [0.2, 0.25) is 0 Å². The third kappa shape index (κ3) is 7.52. The summed E-state index contributed by atoms with van der Waals surface area (Å²) in [5, 5.41) is 2.72. The topological polar surface area (TPSA) is 94.2 Å². The van der Waals surface area contributed by atoms with Crippen molar-refractivity contribution in [2.24, 2.45) is 5.92 Å². The summed E-state index contributed by atoms with van der Waals surface area (Å²) in [5.41, 5.74) is -0.0848. The van der Waals surface area contributed by atoms with Gasteiger partial charge < -0.3 is 24.4 Å². The average molecular weight is 455 g/mol. The molecule has 8 heteroatoms. The third-order valence-corrected chi connectivity index (χ3v) is 4.96. The van der Waals surface area contributed by atoms with Crippen molar-refractivity contribution < 1.29 is 28.6 Å². The molecule has 1 saturated heterocycles. The number of carbonyl (C=O) groups is 3. The highest BCUT2D eigenvalue weighted by Crippen LogP contribution is 2.29. The number of rotatable bonds is 6. The highest BCUT2D eigenvalue weighted by molar-refractivity contribution is 5.94. The first-order valence-electron chi connectivity index (χ1n) is 11.0. The number of anilines is 1. The molecule has 0 aliphatic carbocycles. The van der Waals surface area contributed by atoms with Gasteiger partial charge in [-0.1, -0.05) is 30.3 Å². The van der Waals surface area contributed by atoms with Gasteiger partial charge in [-0.2, -0.15) is 0 Å². The lowest BCUT2D eigenvalue weighted by atomic mass is 9.97. The number of nitrogens with one attached hydrogen (secondary N) is 1. The third-order valence-electron chi connectivity index (χ3n) is 4.96. The molecule has 0 unspecified atom stereocenters. The predicted molar refractivity (Wildman–Crippen MR) is 123 cm³/mol. The zero-order valence-corrected chi connectivity index (χ0v) is 19.2. The Kier molecular flexibility index (Phi) is 7.92. The fourth-order valence-electron chi connectivity index (χ4n) is 3.34. The van der Waals surface area contributed by atoms with E-state index in [1.165, 1.54) is 0 Å². The van der Waals surface area contributed by atoms with Crippen molar-refractivity contribution in [1.82, 2.24) is 4.90 Å². The van der Waals surface area contributed by atoms with Crippen LogP contribution >= 0.6 is 0 Å². The summed E-state index contributed by atoms with van der Waals surface area (Å²) in [6.07, 6.45) is 0.547. The van der Waals surface area contributed by atoms with Crippen LogP contribution in [0.2, 0.25) is 0 Å². The molecule has 0 bridgehead atoms. The van der Waals surface area contributed by atoms with Gasteiger partial charge in [0.05, 0.1) is 11.6 Å². The number of hydrogen-bond donors (Lipinski definition) is 1. The molecule has 0 aromatic heterocycles. The van der Waals surface area contributed by atoms with E-state index in [0.717, 1.165) is 0 Å². The zero-order chi connectivity index (χ0) is 23.8. The smallest absolute Gasteiger partial charge is 0.410 e. The molecule has 3 rings (SSSR count). The number of ether oxygens (including phenoxy) is 3. The van der Waals surface area contributed by atoms with Crippen LogP contribution in [0.5, 0.6) is 11.5 Å². The molecular weight excluding hydrogens is 424 g/mol. The van der Waals surface area contributed by atoms with E-state index in [4.69, 9.17) is 14.2 Å². The molecule has 1 fully saturated rings. The maximum absolute atomic E-state index is 12.4. The fourth-order valence-corrected chi connectivity index (χ4v) is 3.34. The molecule has 2 amide bonds. The van der Waals surface area contributed by atoms with E-state index in [-0.39, 0.29) is 12.0 Å². The number of likely N-dealkylation sites (tertiary alicyclic amines) is 1. The molecule has 0 atom stereocenters. The number of hydrogen-bond acceptors (Lipinski definition) is 6. The Morgan fingerprint density at radius 1 is 0.970 bits per heavy atom. The minimum Gasteiger partial charge on any atom is -0.455 e. The van der Waals surface area contributed by atoms with E-state index in [0.29, 0.717) is 43.1 Å². The van der Waals surface area contributed by atoms with Crippen molar-refractivity contribution in [3.05, 3.63) is 54.6 Å². The van der Waals surface area contributed by atoms with Crippen LogP contribution in [0.15, 0.2) is 54.6 Å². The summed E-state index contributed by atoms with van der Waals surface area (Å²) < 4.78 is 16.4. The standard InChI is InChI=1S/C25H30N2O6/c1-25(2,3)33-24(30)27-15-13-18(14-16-27)23(29)31-17-22(28)26-20-11-7-8-12-21(20)32-19-9-5-4-6-10-19/h4-12,18H,13-17H2,1-3H3,(H,26,28). The Morgan fingerprint density at radius 2 is 1.61 bits per heavy atom. The normalized spacial score (nSPS) is 14.3. The van der Waals surface area contributed by atoms with Crippen LogP contribution in [0.25, 0.3) is 0 Å². The number of para-hydroxylation sites is 3. The Hall–Kier alpha value is -3.55. The number of nitrogens with zero attached hydrogens (tertiary/aromatic N) is 1. The number of carbonyl (C=O) groups excluding carboxylic acids is 3. The number of benzene rings is 2. The van der Waals surface area contributed by atoms with Crippen molar-refractivity contribution in [2.75, 3.05) is 25.0 Å². The molecule has 1 N–H and O–H groups in total. The van der Waals surface area contributed by atoms with E-state index in [1.54, 1.807) is 29.2 Å². The van der Waals surface area contributed by atoms with E-state index < -0.39 is 24.1 Å². The van der Waals surface area contributed by atoms with Crippen LogP contribution in [-0.2, 0) is 19.1 Å². The molecule has 1 heterocycles. The summed E-state index contributed by atoms with van der Waals surface area (Å²) in [7, 11) is 0. The summed E-state index contributed by atoms with van der Waals surface area (Å²) in [4.78, 5) is 38.5. The fraction of sp³-hybridized carbons (Fsp3) is 0.400. The first kappa shape index (κ1) is 24.1. The second-order valence-corrected chi connectivity index (χ2v) is 8.81. The Morgan fingerprint density at radius 3 is 2.27 bits per heavy atom. The highest BCUT2D eigenvalue weighted by Gasteiger charge is 2.31. The lowest BCUT2D eigenvalue weighted by molar-refractivity contribution is -0.153.